The van der Waals surface area contributed by atoms with Crippen LogP contribution in [0.1, 0.15) is 11.1 Å². The number of carbonyl (C=O) groups is 1. The van der Waals surface area contributed by atoms with Gasteiger partial charge in [0.25, 0.3) is 0 Å². The first-order valence-corrected chi connectivity index (χ1v) is 10.5. The first-order valence-electron chi connectivity index (χ1n) is 8.68. The van der Waals surface area contributed by atoms with Crippen LogP contribution in [0.5, 0.6) is 11.5 Å². The third kappa shape index (κ3) is 4.85. The van der Waals surface area contributed by atoms with Crippen LogP contribution in [0.2, 0.25) is 0 Å². The molecule has 0 atom stereocenters. The molecule has 7 heteroatoms. The molecule has 28 heavy (non-hydrogen) atoms. The molecule has 0 radical (unpaired) electrons. The molecule has 0 aliphatic carbocycles. The number of hydrogen-bond donors (Lipinski definition) is 1. The summed E-state index contributed by atoms with van der Waals surface area (Å²) in [5, 5.41) is 5.34. The third-order valence-electron chi connectivity index (χ3n) is 4.12. The maximum Gasteiger partial charge on any atom is 0.236 e. The maximum atomic E-state index is 12.3. The van der Waals surface area contributed by atoms with Gasteiger partial charge < -0.3 is 14.8 Å². The van der Waals surface area contributed by atoms with Crippen LogP contribution in [0.15, 0.2) is 46.7 Å². The van der Waals surface area contributed by atoms with E-state index >= 15 is 0 Å². The summed E-state index contributed by atoms with van der Waals surface area (Å²) in [6, 6.07) is 11.8. The quantitative estimate of drug-likeness (QED) is 0.540. The summed E-state index contributed by atoms with van der Waals surface area (Å²) in [4.78, 5) is 17.9. The summed E-state index contributed by atoms with van der Waals surface area (Å²) in [7, 11) is 3.22. The number of methoxy groups -OCH3 is 2. The highest BCUT2D eigenvalue weighted by molar-refractivity contribution is 8.00. The molecule has 1 N–H and O–H groups in total. The van der Waals surface area contributed by atoms with Gasteiger partial charge in [-0.05, 0) is 37.6 Å². The number of aromatic nitrogens is 1. The van der Waals surface area contributed by atoms with Crippen LogP contribution in [0.25, 0.3) is 11.3 Å². The van der Waals surface area contributed by atoms with Gasteiger partial charge in [0.2, 0.25) is 5.91 Å². The number of aryl methyl sites for hydroxylation is 2. The lowest BCUT2D eigenvalue weighted by Crippen LogP contribution is -2.13. The van der Waals surface area contributed by atoms with Crippen molar-refractivity contribution < 1.29 is 14.3 Å². The summed E-state index contributed by atoms with van der Waals surface area (Å²) in [5.74, 6) is 1.65. The maximum absolute atomic E-state index is 12.3. The first kappa shape index (κ1) is 20.2. The molecule has 0 saturated carbocycles. The molecule has 1 heterocycles. The summed E-state index contributed by atoms with van der Waals surface area (Å²) in [6.07, 6.45) is 0. The predicted molar refractivity (Wildman–Crippen MR) is 116 cm³/mol. The highest BCUT2D eigenvalue weighted by Gasteiger charge is 2.13. The molecule has 0 spiro atoms. The predicted octanol–water partition coefficient (Wildman–Crippen LogP) is 5.17. The van der Waals surface area contributed by atoms with Gasteiger partial charge in [0, 0.05) is 21.9 Å². The Bertz CT molecular complexity index is 986. The minimum Gasteiger partial charge on any atom is -0.497 e. The average Bonchev–Trinajstić information content (AvgIpc) is 3.14. The van der Waals surface area contributed by atoms with E-state index in [4.69, 9.17) is 9.47 Å². The lowest BCUT2D eigenvalue weighted by molar-refractivity contribution is -0.113. The van der Waals surface area contributed by atoms with E-state index in [9.17, 15) is 4.79 Å². The van der Waals surface area contributed by atoms with Gasteiger partial charge in [0.1, 0.15) is 11.5 Å². The van der Waals surface area contributed by atoms with Crippen LogP contribution >= 0.6 is 23.1 Å². The smallest absolute Gasteiger partial charge is 0.236 e. The van der Waals surface area contributed by atoms with Crippen LogP contribution in [0.4, 0.5) is 5.13 Å². The van der Waals surface area contributed by atoms with Crippen molar-refractivity contribution in [2.24, 2.45) is 0 Å². The Morgan fingerprint density at radius 3 is 2.68 bits per heavy atom. The second kappa shape index (κ2) is 9.12. The molecule has 5 nitrogen and oxygen atoms in total. The SMILES string of the molecule is COc1ccc(-c2csc(NC(=O)CSc3ccc(C)cc3C)n2)c(OC)c1. The van der Waals surface area contributed by atoms with Crippen molar-refractivity contribution in [2.75, 3.05) is 25.3 Å². The summed E-state index contributed by atoms with van der Waals surface area (Å²) in [5.41, 5.74) is 4.00. The number of ether oxygens (including phenoxy) is 2. The standard InChI is InChI=1S/C21H22N2O3S2/c1-13-5-8-19(14(2)9-13)27-12-20(24)23-21-22-17(11-28-21)16-7-6-15(25-3)10-18(16)26-4/h5-11H,12H2,1-4H3,(H,22,23,24). The number of nitrogens with one attached hydrogen (secondary N) is 1. The summed E-state index contributed by atoms with van der Waals surface area (Å²) < 4.78 is 10.7. The first-order chi connectivity index (χ1) is 13.5. The normalized spacial score (nSPS) is 10.6. The largest absolute Gasteiger partial charge is 0.497 e. The van der Waals surface area contributed by atoms with Gasteiger partial charge in [-0.15, -0.1) is 23.1 Å². The van der Waals surface area contributed by atoms with Crippen molar-refractivity contribution in [3.8, 4) is 22.8 Å². The van der Waals surface area contributed by atoms with Crippen molar-refractivity contribution in [2.45, 2.75) is 18.7 Å². The molecule has 1 amide bonds. The molecule has 0 fully saturated rings. The van der Waals surface area contributed by atoms with Gasteiger partial charge in [-0.1, -0.05) is 17.7 Å². The third-order valence-corrected chi connectivity index (χ3v) is 6.06. The highest BCUT2D eigenvalue weighted by Crippen LogP contribution is 2.35. The number of carbonyl (C=O) groups excluding carboxylic acids is 1. The second-order valence-corrected chi connectivity index (χ2v) is 8.09. The van der Waals surface area contributed by atoms with Crippen LogP contribution in [-0.2, 0) is 4.79 Å². The number of anilines is 1. The number of thioether (sulfide) groups is 1. The Morgan fingerprint density at radius 1 is 1.14 bits per heavy atom. The molecule has 0 bridgehead atoms. The van der Waals surface area contributed by atoms with Gasteiger partial charge in [0.15, 0.2) is 5.13 Å². The zero-order valence-corrected chi connectivity index (χ0v) is 17.9. The van der Waals surface area contributed by atoms with Gasteiger partial charge in [-0.3, -0.25) is 4.79 Å². The zero-order chi connectivity index (χ0) is 20.1. The molecule has 0 aliphatic heterocycles. The lowest BCUT2D eigenvalue weighted by Gasteiger charge is -2.08. The zero-order valence-electron chi connectivity index (χ0n) is 16.2. The molecule has 0 unspecified atom stereocenters. The van der Waals surface area contributed by atoms with E-state index < -0.39 is 0 Å². The topological polar surface area (TPSA) is 60.5 Å². The van der Waals surface area contributed by atoms with E-state index in [-0.39, 0.29) is 5.91 Å². The van der Waals surface area contributed by atoms with Crippen molar-refractivity contribution in [3.63, 3.8) is 0 Å². The number of thiazole rings is 1. The monoisotopic (exact) mass is 414 g/mol. The van der Waals surface area contributed by atoms with E-state index in [1.165, 1.54) is 34.2 Å². The van der Waals surface area contributed by atoms with Gasteiger partial charge in [-0.25, -0.2) is 4.98 Å². The van der Waals surface area contributed by atoms with Crippen molar-refractivity contribution in [1.29, 1.82) is 0 Å². The molecule has 3 aromatic rings. The van der Waals surface area contributed by atoms with E-state index in [0.717, 1.165) is 16.2 Å². The number of nitrogens with zero attached hydrogens (tertiary/aromatic N) is 1. The van der Waals surface area contributed by atoms with Crippen LogP contribution < -0.4 is 14.8 Å². The van der Waals surface area contributed by atoms with Crippen molar-refractivity contribution in [3.05, 3.63) is 52.9 Å². The van der Waals surface area contributed by atoms with E-state index in [0.29, 0.717) is 22.4 Å². The minimum atomic E-state index is -0.0763. The number of amides is 1. The Hall–Kier alpha value is -2.51. The number of rotatable bonds is 7. The summed E-state index contributed by atoms with van der Waals surface area (Å²) in [6.45, 7) is 4.12. The van der Waals surface area contributed by atoms with Crippen LogP contribution in [0, 0.1) is 13.8 Å². The Balaban J connectivity index is 1.65. The van der Waals surface area contributed by atoms with E-state index in [1.54, 1.807) is 14.2 Å². The van der Waals surface area contributed by atoms with Crippen LogP contribution in [0.3, 0.4) is 0 Å². The van der Waals surface area contributed by atoms with E-state index in [2.05, 4.69) is 42.3 Å². The Kier molecular flexibility index (Phi) is 6.59. The van der Waals surface area contributed by atoms with Crippen molar-refractivity contribution >= 4 is 34.1 Å². The molecule has 1 aromatic heterocycles. The van der Waals surface area contributed by atoms with Crippen LogP contribution in [-0.4, -0.2) is 30.9 Å². The average molecular weight is 415 g/mol. The highest BCUT2D eigenvalue weighted by atomic mass is 32.2. The minimum absolute atomic E-state index is 0.0763. The molecular formula is C21H22N2O3S2. The number of benzene rings is 2. The fourth-order valence-electron chi connectivity index (χ4n) is 2.72. The molecule has 0 aliphatic rings. The second-order valence-electron chi connectivity index (χ2n) is 6.21. The van der Waals surface area contributed by atoms with Gasteiger partial charge in [-0.2, -0.15) is 0 Å². The Morgan fingerprint density at radius 2 is 1.96 bits per heavy atom. The fourth-order valence-corrected chi connectivity index (χ4v) is 4.26. The van der Waals surface area contributed by atoms with Crippen molar-refractivity contribution in [1.82, 2.24) is 4.98 Å². The Labute approximate surface area is 173 Å². The lowest BCUT2D eigenvalue weighted by atomic mass is 10.1. The van der Waals surface area contributed by atoms with E-state index in [1.807, 2.05) is 23.6 Å². The molecule has 3 rings (SSSR count). The molecule has 146 valence electrons. The van der Waals surface area contributed by atoms with Gasteiger partial charge in [0.05, 0.1) is 25.7 Å². The number of hydrogen-bond acceptors (Lipinski definition) is 6. The molecular weight excluding hydrogens is 392 g/mol. The van der Waals surface area contributed by atoms with Gasteiger partial charge >= 0.3 is 0 Å². The molecule has 0 saturated heterocycles. The fraction of sp³-hybridized carbons (Fsp3) is 0.238. The molecule has 2 aromatic carbocycles. The summed E-state index contributed by atoms with van der Waals surface area (Å²) >= 11 is 2.92.